The van der Waals surface area contributed by atoms with Gasteiger partial charge in [0, 0.05) is 17.0 Å². The Morgan fingerprint density at radius 2 is 1.85 bits per heavy atom. The van der Waals surface area contributed by atoms with Gasteiger partial charge in [-0.2, -0.15) is 0 Å². The van der Waals surface area contributed by atoms with Crippen LogP contribution in [-0.2, 0) is 19.7 Å². The first-order chi connectivity index (χ1) is 12.5. The van der Waals surface area contributed by atoms with Crippen molar-refractivity contribution in [1.82, 2.24) is 0 Å². The molecule has 3 N–H and O–H groups in total. The number of esters is 1. The molecule has 2 aliphatic carbocycles. The SMILES string of the molecule is COC(=O)[C@]12CCCC(C)(C)[C@@H]1C(=O)[C@H](O)c1cc(C(C)C)c(O)c(O)c12. The summed E-state index contributed by atoms with van der Waals surface area (Å²) < 4.78 is 5.09. The number of fused-ring (bicyclic) bond motifs is 3. The average molecular weight is 376 g/mol. The summed E-state index contributed by atoms with van der Waals surface area (Å²) in [7, 11) is 1.25. The molecule has 1 saturated carbocycles. The van der Waals surface area contributed by atoms with Crippen LogP contribution in [0.5, 0.6) is 11.5 Å². The van der Waals surface area contributed by atoms with E-state index in [0.717, 1.165) is 0 Å². The Morgan fingerprint density at radius 1 is 1.22 bits per heavy atom. The second-order valence-corrected chi connectivity index (χ2v) is 8.82. The number of rotatable bonds is 2. The molecular weight excluding hydrogens is 348 g/mol. The number of aliphatic hydroxyl groups excluding tert-OH is 1. The minimum absolute atomic E-state index is 0.140. The second-order valence-electron chi connectivity index (χ2n) is 8.82. The molecule has 0 radical (unpaired) electrons. The number of benzene rings is 1. The Morgan fingerprint density at radius 3 is 2.41 bits per heavy atom. The molecule has 2 aliphatic rings. The van der Waals surface area contributed by atoms with Gasteiger partial charge in [-0.25, -0.2) is 0 Å². The van der Waals surface area contributed by atoms with Gasteiger partial charge in [0.1, 0.15) is 11.5 Å². The molecule has 0 aromatic heterocycles. The van der Waals surface area contributed by atoms with E-state index in [9.17, 15) is 24.9 Å². The number of ketones is 1. The fraction of sp³-hybridized carbons (Fsp3) is 0.619. The van der Waals surface area contributed by atoms with Gasteiger partial charge in [-0.3, -0.25) is 9.59 Å². The third-order valence-corrected chi connectivity index (χ3v) is 6.47. The van der Waals surface area contributed by atoms with E-state index in [4.69, 9.17) is 4.74 Å². The Kier molecular flexibility index (Phi) is 4.54. The zero-order chi connectivity index (χ0) is 20.3. The molecule has 0 saturated heterocycles. The van der Waals surface area contributed by atoms with E-state index >= 15 is 0 Å². The molecule has 148 valence electrons. The van der Waals surface area contributed by atoms with Gasteiger partial charge >= 0.3 is 5.97 Å². The van der Waals surface area contributed by atoms with Crippen LogP contribution in [-0.4, -0.2) is 34.2 Å². The van der Waals surface area contributed by atoms with Gasteiger partial charge in [0.25, 0.3) is 0 Å². The van der Waals surface area contributed by atoms with Crippen LogP contribution < -0.4 is 0 Å². The lowest BCUT2D eigenvalue weighted by molar-refractivity contribution is -0.165. The lowest BCUT2D eigenvalue weighted by Crippen LogP contribution is -2.59. The monoisotopic (exact) mass is 376 g/mol. The number of carbonyl (C=O) groups is 2. The summed E-state index contributed by atoms with van der Waals surface area (Å²) in [6.07, 6.45) is 0.228. The van der Waals surface area contributed by atoms with Crippen LogP contribution in [0, 0.1) is 11.3 Å². The molecule has 3 rings (SSSR count). The first kappa shape index (κ1) is 19.7. The maximum absolute atomic E-state index is 13.2. The van der Waals surface area contributed by atoms with E-state index in [1.54, 1.807) is 6.07 Å². The van der Waals surface area contributed by atoms with Crippen LogP contribution in [0.25, 0.3) is 0 Å². The number of ether oxygens (including phenoxy) is 1. The quantitative estimate of drug-likeness (QED) is 0.541. The zero-order valence-corrected chi connectivity index (χ0v) is 16.5. The van der Waals surface area contributed by atoms with Gasteiger partial charge in [0.2, 0.25) is 0 Å². The summed E-state index contributed by atoms with van der Waals surface area (Å²) in [5.41, 5.74) is -1.23. The lowest BCUT2D eigenvalue weighted by atomic mass is 9.48. The molecule has 1 aromatic rings. The van der Waals surface area contributed by atoms with Crippen LogP contribution in [0.3, 0.4) is 0 Å². The highest BCUT2D eigenvalue weighted by Gasteiger charge is 2.64. The molecule has 0 spiro atoms. The number of phenolic OH excluding ortho intramolecular Hbond substituents is 2. The van der Waals surface area contributed by atoms with Crippen LogP contribution in [0.4, 0.5) is 0 Å². The number of aliphatic hydroxyl groups is 1. The Balaban J connectivity index is 2.44. The molecule has 1 aromatic carbocycles. The largest absolute Gasteiger partial charge is 0.504 e. The first-order valence-electron chi connectivity index (χ1n) is 9.40. The van der Waals surface area contributed by atoms with Crippen molar-refractivity contribution in [1.29, 1.82) is 0 Å². The molecule has 0 bridgehead atoms. The maximum atomic E-state index is 13.2. The Bertz CT molecular complexity index is 809. The summed E-state index contributed by atoms with van der Waals surface area (Å²) in [5, 5.41) is 32.3. The van der Waals surface area contributed by atoms with Crippen molar-refractivity contribution in [2.75, 3.05) is 7.11 Å². The predicted octanol–water partition coefficient (Wildman–Crippen LogP) is 3.07. The summed E-state index contributed by atoms with van der Waals surface area (Å²) in [4.78, 5) is 26.3. The van der Waals surface area contributed by atoms with Crippen molar-refractivity contribution in [3.05, 3.63) is 22.8 Å². The molecule has 3 atom stereocenters. The van der Waals surface area contributed by atoms with E-state index in [2.05, 4.69) is 0 Å². The van der Waals surface area contributed by atoms with E-state index < -0.39 is 40.4 Å². The number of hydrogen-bond donors (Lipinski definition) is 3. The highest BCUT2D eigenvalue weighted by atomic mass is 16.5. The zero-order valence-electron chi connectivity index (χ0n) is 16.5. The maximum Gasteiger partial charge on any atom is 0.317 e. The molecule has 0 aliphatic heterocycles. The fourth-order valence-corrected chi connectivity index (χ4v) is 5.32. The predicted molar refractivity (Wildman–Crippen MR) is 98.6 cm³/mol. The highest BCUT2D eigenvalue weighted by Crippen LogP contribution is 2.61. The number of Topliss-reactive ketones (excluding diaryl/α,β-unsaturated/α-hetero) is 1. The number of aromatic hydroxyl groups is 2. The number of methoxy groups -OCH3 is 1. The number of carbonyl (C=O) groups excluding carboxylic acids is 2. The fourth-order valence-electron chi connectivity index (χ4n) is 5.32. The van der Waals surface area contributed by atoms with E-state index in [-0.39, 0.29) is 22.8 Å². The minimum Gasteiger partial charge on any atom is -0.504 e. The van der Waals surface area contributed by atoms with Gasteiger partial charge in [-0.05, 0) is 35.8 Å². The van der Waals surface area contributed by atoms with Crippen molar-refractivity contribution >= 4 is 11.8 Å². The molecule has 1 fully saturated rings. The standard InChI is InChI=1S/C21H28O6/c1-10(2)11-9-12-13(16(24)14(11)22)21(19(26)27-5)8-6-7-20(3,4)18(21)17(25)15(12)23/h9-10,15,18,22-24H,6-8H2,1-5H3/t15-,18+,21+/m1/s1. The van der Waals surface area contributed by atoms with Gasteiger partial charge in [0.15, 0.2) is 17.3 Å². The number of phenols is 2. The highest BCUT2D eigenvalue weighted by molar-refractivity contribution is 6.01. The molecule has 0 unspecified atom stereocenters. The summed E-state index contributed by atoms with van der Waals surface area (Å²) in [6.45, 7) is 7.45. The smallest absolute Gasteiger partial charge is 0.317 e. The van der Waals surface area contributed by atoms with Gasteiger partial charge < -0.3 is 20.1 Å². The molecule has 0 amide bonds. The normalized spacial score (nSPS) is 29.2. The Labute approximate surface area is 159 Å². The first-order valence-corrected chi connectivity index (χ1v) is 9.40. The minimum atomic E-state index is -1.45. The van der Waals surface area contributed by atoms with E-state index in [1.807, 2.05) is 27.7 Å². The van der Waals surface area contributed by atoms with Crippen molar-refractivity contribution in [2.45, 2.75) is 64.4 Å². The average Bonchev–Trinajstić information content (AvgIpc) is 2.59. The summed E-state index contributed by atoms with van der Waals surface area (Å²) >= 11 is 0. The third kappa shape index (κ3) is 2.49. The van der Waals surface area contributed by atoms with Crippen molar-refractivity contribution in [3.8, 4) is 11.5 Å². The third-order valence-electron chi connectivity index (χ3n) is 6.47. The van der Waals surface area contributed by atoms with Gasteiger partial charge in [0.05, 0.1) is 7.11 Å². The van der Waals surface area contributed by atoms with Gasteiger partial charge in [-0.15, -0.1) is 0 Å². The molecule has 6 heteroatoms. The van der Waals surface area contributed by atoms with Crippen LogP contribution in [0.15, 0.2) is 6.07 Å². The lowest BCUT2D eigenvalue weighted by Gasteiger charge is -2.53. The van der Waals surface area contributed by atoms with Crippen molar-refractivity contribution in [2.24, 2.45) is 11.3 Å². The molecule has 0 heterocycles. The van der Waals surface area contributed by atoms with Crippen molar-refractivity contribution in [3.63, 3.8) is 0 Å². The van der Waals surface area contributed by atoms with Crippen molar-refractivity contribution < 1.29 is 29.6 Å². The van der Waals surface area contributed by atoms with Gasteiger partial charge in [-0.1, -0.05) is 34.1 Å². The molecule has 27 heavy (non-hydrogen) atoms. The molecular formula is C21H28O6. The second kappa shape index (κ2) is 6.23. The number of hydrogen-bond acceptors (Lipinski definition) is 6. The summed E-state index contributed by atoms with van der Waals surface area (Å²) in [6, 6.07) is 1.54. The Hall–Kier alpha value is -2.08. The topological polar surface area (TPSA) is 104 Å². The van der Waals surface area contributed by atoms with Crippen LogP contribution in [0.2, 0.25) is 0 Å². The van der Waals surface area contributed by atoms with E-state index in [0.29, 0.717) is 24.8 Å². The van der Waals surface area contributed by atoms with Crippen LogP contribution in [0.1, 0.15) is 75.7 Å². The summed E-state index contributed by atoms with van der Waals surface area (Å²) in [5.74, 6) is -2.78. The van der Waals surface area contributed by atoms with Crippen LogP contribution >= 0.6 is 0 Å². The molecule has 6 nitrogen and oxygen atoms in total. The van der Waals surface area contributed by atoms with E-state index in [1.165, 1.54) is 7.11 Å².